The van der Waals surface area contributed by atoms with Gasteiger partial charge in [-0.05, 0) is 12.1 Å². The third kappa shape index (κ3) is 1.63. The molecule has 9 nitrogen and oxygen atoms in total. The first-order chi connectivity index (χ1) is 10.3. The molecule has 2 aromatic rings. The fourth-order valence-electron chi connectivity index (χ4n) is 2.35. The van der Waals surface area contributed by atoms with Crippen LogP contribution in [0, 0.1) is 26.0 Å². The molecule has 10 heteroatoms. The third-order valence-electron chi connectivity index (χ3n) is 3.19. The molecule has 0 amide bonds. The van der Waals surface area contributed by atoms with Crippen LogP contribution in [-0.2, 0) is 4.74 Å². The van der Waals surface area contributed by atoms with Gasteiger partial charge in [-0.3, -0.25) is 20.2 Å². The molecule has 0 unspecified atom stereocenters. The van der Waals surface area contributed by atoms with Gasteiger partial charge in [-0.15, -0.1) is 0 Å². The summed E-state index contributed by atoms with van der Waals surface area (Å²) in [5.74, 6) is -3.77. The molecule has 110 valence electrons. The maximum absolute atomic E-state index is 13.9. The summed E-state index contributed by atoms with van der Waals surface area (Å²) >= 11 is 0. The van der Waals surface area contributed by atoms with Crippen molar-refractivity contribution in [3.8, 4) is 0 Å². The lowest BCUT2D eigenvalue weighted by atomic mass is 9.94. The summed E-state index contributed by atoms with van der Waals surface area (Å²) in [6.07, 6.45) is 0. The first-order valence-electron chi connectivity index (χ1n) is 5.67. The van der Waals surface area contributed by atoms with Gasteiger partial charge in [0.25, 0.3) is 5.69 Å². The van der Waals surface area contributed by atoms with Gasteiger partial charge in [0.05, 0.1) is 21.0 Å². The van der Waals surface area contributed by atoms with Crippen molar-refractivity contribution in [1.82, 2.24) is 0 Å². The largest absolute Gasteiger partial charge is 0.386 e. The van der Waals surface area contributed by atoms with Crippen LogP contribution in [0.5, 0.6) is 0 Å². The van der Waals surface area contributed by atoms with Crippen molar-refractivity contribution in [2.24, 2.45) is 0 Å². The second-order valence-electron chi connectivity index (χ2n) is 4.33. The second-order valence-corrected chi connectivity index (χ2v) is 4.33. The van der Waals surface area contributed by atoms with Gasteiger partial charge in [0.1, 0.15) is 5.39 Å². The van der Waals surface area contributed by atoms with E-state index in [2.05, 4.69) is 4.74 Å². The van der Waals surface area contributed by atoms with E-state index >= 15 is 0 Å². The summed E-state index contributed by atoms with van der Waals surface area (Å²) in [7, 11) is 0. The molecule has 1 aliphatic heterocycles. The molecule has 1 aliphatic rings. The zero-order valence-electron chi connectivity index (χ0n) is 10.4. The van der Waals surface area contributed by atoms with Crippen molar-refractivity contribution in [1.29, 1.82) is 0 Å². The number of nitrogens with zero attached hydrogens (tertiary/aromatic N) is 2. The maximum Gasteiger partial charge on any atom is 0.346 e. The van der Waals surface area contributed by atoms with Gasteiger partial charge in [0.2, 0.25) is 5.82 Å². The van der Waals surface area contributed by atoms with Crippen LogP contribution in [0.4, 0.5) is 15.8 Å². The summed E-state index contributed by atoms with van der Waals surface area (Å²) in [5.41, 5.74) is -2.71. The van der Waals surface area contributed by atoms with E-state index < -0.39 is 49.9 Å². The molecule has 0 saturated carbocycles. The van der Waals surface area contributed by atoms with E-state index in [1.807, 2.05) is 0 Å². The van der Waals surface area contributed by atoms with Crippen molar-refractivity contribution >= 4 is 34.1 Å². The number of rotatable bonds is 2. The average Bonchev–Trinajstić information content (AvgIpc) is 2.42. The Morgan fingerprint density at radius 3 is 2.18 bits per heavy atom. The van der Waals surface area contributed by atoms with E-state index in [4.69, 9.17) is 0 Å². The summed E-state index contributed by atoms with van der Waals surface area (Å²) in [4.78, 5) is 43.3. The first-order valence-corrected chi connectivity index (χ1v) is 5.67. The van der Waals surface area contributed by atoms with Crippen molar-refractivity contribution < 1.29 is 28.6 Å². The number of esters is 2. The fraction of sp³-hybridized carbons (Fsp3) is 0. The van der Waals surface area contributed by atoms with Crippen LogP contribution in [0.25, 0.3) is 10.8 Å². The molecule has 0 atom stereocenters. The molecule has 0 fully saturated rings. The third-order valence-corrected chi connectivity index (χ3v) is 3.19. The van der Waals surface area contributed by atoms with Gasteiger partial charge in [-0.1, -0.05) is 0 Å². The van der Waals surface area contributed by atoms with E-state index in [1.54, 1.807) is 0 Å². The zero-order valence-corrected chi connectivity index (χ0v) is 10.4. The minimum absolute atomic E-state index is 0.279. The number of non-ortho nitro benzene ring substituents is 1. The Hall–Kier alpha value is -3.43. The SMILES string of the molecule is O=C1OC(=O)c2cc(F)c([N+](=O)[O-])c3c([N+](=O)[O-])ccc1c23. The maximum atomic E-state index is 13.9. The van der Waals surface area contributed by atoms with Crippen LogP contribution in [0.15, 0.2) is 18.2 Å². The van der Waals surface area contributed by atoms with Crippen molar-refractivity contribution in [2.75, 3.05) is 0 Å². The van der Waals surface area contributed by atoms with Crippen LogP contribution >= 0.6 is 0 Å². The van der Waals surface area contributed by atoms with Crippen LogP contribution in [-0.4, -0.2) is 21.8 Å². The van der Waals surface area contributed by atoms with Crippen LogP contribution in [0.2, 0.25) is 0 Å². The highest BCUT2D eigenvalue weighted by molar-refractivity contribution is 6.23. The normalized spacial score (nSPS) is 13.1. The van der Waals surface area contributed by atoms with E-state index in [-0.39, 0.29) is 10.9 Å². The molecular weight excluding hydrogens is 303 g/mol. The van der Waals surface area contributed by atoms with Gasteiger partial charge in [0, 0.05) is 11.5 Å². The number of nitro groups is 2. The van der Waals surface area contributed by atoms with Crippen LogP contribution in [0.3, 0.4) is 0 Å². The monoisotopic (exact) mass is 306 g/mol. The molecule has 0 aliphatic carbocycles. The number of halogens is 1. The van der Waals surface area contributed by atoms with E-state index in [1.165, 1.54) is 0 Å². The zero-order chi connectivity index (χ0) is 16.2. The highest BCUT2D eigenvalue weighted by Crippen LogP contribution is 2.41. The highest BCUT2D eigenvalue weighted by atomic mass is 19.1. The fourth-order valence-corrected chi connectivity index (χ4v) is 2.35. The number of hydrogen-bond acceptors (Lipinski definition) is 7. The smallest absolute Gasteiger partial charge is 0.346 e. The lowest BCUT2D eigenvalue weighted by molar-refractivity contribution is -0.391. The number of carbonyl (C=O) groups excluding carboxylic acids is 2. The Labute approximate surface area is 119 Å². The Bertz CT molecular complexity index is 922. The standard InChI is InChI=1S/C12H3FN2O7/c13-6-3-5-8-4(11(16)22-12(5)17)1-2-7(14(18)19)9(8)10(6)15(20)21/h1-3H. The minimum Gasteiger partial charge on any atom is -0.386 e. The lowest BCUT2D eigenvalue weighted by Crippen LogP contribution is -2.20. The molecule has 1 heterocycles. The van der Waals surface area contributed by atoms with Gasteiger partial charge in [0.15, 0.2) is 0 Å². The van der Waals surface area contributed by atoms with Gasteiger partial charge in [-0.25, -0.2) is 9.59 Å². The molecule has 0 saturated heterocycles. The Kier molecular flexibility index (Phi) is 2.64. The molecule has 3 rings (SSSR count). The average molecular weight is 306 g/mol. The molecular formula is C12H3FN2O7. The lowest BCUT2D eigenvalue weighted by Gasteiger charge is -2.15. The molecule has 22 heavy (non-hydrogen) atoms. The highest BCUT2D eigenvalue weighted by Gasteiger charge is 2.37. The molecule has 0 bridgehead atoms. The molecule has 0 radical (unpaired) electrons. The number of nitro benzene ring substituents is 2. The minimum atomic E-state index is -1.43. The van der Waals surface area contributed by atoms with E-state index in [0.717, 1.165) is 12.1 Å². The molecule has 0 spiro atoms. The Morgan fingerprint density at radius 2 is 1.59 bits per heavy atom. The van der Waals surface area contributed by atoms with Crippen molar-refractivity contribution in [3.05, 3.63) is 55.4 Å². The van der Waals surface area contributed by atoms with Crippen molar-refractivity contribution in [3.63, 3.8) is 0 Å². The predicted octanol–water partition coefficient (Wildman–Crippen LogP) is 2.11. The summed E-state index contributed by atoms with van der Waals surface area (Å²) in [5, 5.41) is 21.0. The molecule has 2 aromatic carbocycles. The number of hydrogen-bond donors (Lipinski definition) is 0. The van der Waals surface area contributed by atoms with Crippen LogP contribution < -0.4 is 0 Å². The number of benzene rings is 2. The molecule has 0 N–H and O–H groups in total. The van der Waals surface area contributed by atoms with Gasteiger partial charge in [-0.2, -0.15) is 4.39 Å². The second kappa shape index (κ2) is 4.28. The summed E-state index contributed by atoms with van der Waals surface area (Å²) in [6.45, 7) is 0. The van der Waals surface area contributed by atoms with E-state index in [9.17, 15) is 34.2 Å². The van der Waals surface area contributed by atoms with E-state index in [0.29, 0.717) is 6.07 Å². The molecule has 0 aromatic heterocycles. The number of carbonyl (C=O) groups is 2. The van der Waals surface area contributed by atoms with Crippen LogP contribution in [0.1, 0.15) is 20.7 Å². The van der Waals surface area contributed by atoms with Gasteiger partial charge >= 0.3 is 17.6 Å². The first kappa shape index (κ1) is 13.5. The quantitative estimate of drug-likeness (QED) is 0.359. The Balaban J connectivity index is 2.66. The predicted molar refractivity (Wildman–Crippen MR) is 67.0 cm³/mol. The number of ether oxygens (including phenoxy) is 1. The summed E-state index contributed by atoms with van der Waals surface area (Å²) < 4.78 is 18.3. The van der Waals surface area contributed by atoms with Gasteiger partial charge < -0.3 is 4.74 Å². The Morgan fingerprint density at radius 1 is 0.955 bits per heavy atom. The topological polar surface area (TPSA) is 130 Å². The van der Waals surface area contributed by atoms with Crippen molar-refractivity contribution in [2.45, 2.75) is 0 Å². The summed E-state index contributed by atoms with van der Waals surface area (Å²) in [6, 6.07) is 2.35. The number of cyclic esters (lactones) is 2.